The van der Waals surface area contributed by atoms with E-state index in [1.54, 1.807) is 0 Å². The number of halogens is 1. The molecule has 0 spiro atoms. The Morgan fingerprint density at radius 1 is 1.52 bits per heavy atom. The quantitative estimate of drug-likeness (QED) is 0.875. The van der Waals surface area contributed by atoms with E-state index in [9.17, 15) is 4.79 Å². The van der Waals surface area contributed by atoms with E-state index in [4.69, 9.17) is 14.6 Å². The number of hydrogen-bond acceptors (Lipinski definition) is 4. The van der Waals surface area contributed by atoms with Crippen molar-refractivity contribution in [2.45, 2.75) is 25.5 Å². The highest BCUT2D eigenvalue weighted by Gasteiger charge is 2.40. The highest BCUT2D eigenvalue weighted by atomic mass is 79.9. The summed E-state index contributed by atoms with van der Waals surface area (Å²) in [7, 11) is 0. The van der Waals surface area contributed by atoms with E-state index in [2.05, 4.69) is 33.0 Å². The summed E-state index contributed by atoms with van der Waals surface area (Å²) in [4.78, 5) is 12.8. The van der Waals surface area contributed by atoms with Gasteiger partial charge in [0.2, 0.25) is 0 Å². The molecular weight excluding hydrogens is 338 g/mol. The molecule has 0 unspecified atom stereocenters. The largest absolute Gasteiger partial charge is 0.493 e. The maximum atomic E-state index is 10.6. The molecule has 0 radical (unpaired) electrons. The molecular formula is C15H18BrNO4. The van der Waals surface area contributed by atoms with Gasteiger partial charge in [0.1, 0.15) is 12.4 Å². The Hall–Kier alpha value is -1.11. The van der Waals surface area contributed by atoms with Crippen LogP contribution in [-0.4, -0.2) is 47.9 Å². The maximum Gasteiger partial charge on any atom is 0.329 e. The fourth-order valence-corrected chi connectivity index (χ4v) is 3.60. The van der Waals surface area contributed by atoms with Crippen molar-refractivity contribution < 1.29 is 19.4 Å². The molecule has 1 aromatic carbocycles. The third kappa shape index (κ3) is 3.22. The summed E-state index contributed by atoms with van der Waals surface area (Å²) in [5, 5.41) is 8.67. The van der Waals surface area contributed by atoms with Gasteiger partial charge in [0.15, 0.2) is 0 Å². The molecule has 3 rings (SSSR count). The molecule has 0 saturated carbocycles. The van der Waals surface area contributed by atoms with E-state index < -0.39 is 5.97 Å². The van der Waals surface area contributed by atoms with E-state index in [0.717, 1.165) is 42.9 Å². The molecule has 0 amide bonds. The SMILES string of the molecule is CC1(OCC(=O)O)CN(Cc2cc(Br)cc3c2OCC3)C1. The number of carboxylic acid groups (broad SMARTS) is 1. The van der Waals surface area contributed by atoms with Crippen molar-refractivity contribution in [2.75, 3.05) is 26.3 Å². The van der Waals surface area contributed by atoms with Crippen molar-refractivity contribution in [3.63, 3.8) is 0 Å². The van der Waals surface area contributed by atoms with Gasteiger partial charge in [-0.15, -0.1) is 0 Å². The molecule has 114 valence electrons. The van der Waals surface area contributed by atoms with Crippen molar-refractivity contribution >= 4 is 21.9 Å². The fraction of sp³-hybridized carbons (Fsp3) is 0.533. The molecule has 0 aromatic heterocycles. The minimum atomic E-state index is -0.923. The number of nitrogens with zero attached hydrogens (tertiary/aromatic N) is 1. The van der Waals surface area contributed by atoms with E-state index in [-0.39, 0.29) is 12.2 Å². The third-order valence-electron chi connectivity index (χ3n) is 3.88. The van der Waals surface area contributed by atoms with Crippen LogP contribution in [0.25, 0.3) is 0 Å². The van der Waals surface area contributed by atoms with Gasteiger partial charge < -0.3 is 14.6 Å². The molecule has 1 saturated heterocycles. The van der Waals surface area contributed by atoms with Crippen LogP contribution in [-0.2, 0) is 22.5 Å². The molecule has 0 bridgehead atoms. The zero-order valence-corrected chi connectivity index (χ0v) is 13.5. The van der Waals surface area contributed by atoms with Crippen molar-refractivity contribution in [1.29, 1.82) is 0 Å². The lowest BCUT2D eigenvalue weighted by atomic mass is 9.95. The lowest BCUT2D eigenvalue weighted by Crippen LogP contribution is -2.61. The van der Waals surface area contributed by atoms with Gasteiger partial charge in [-0.1, -0.05) is 15.9 Å². The molecule has 21 heavy (non-hydrogen) atoms. The first-order chi connectivity index (χ1) is 9.95. The predicted molar refractivity (Wildman–Crippen MR) is 80.6 cm³/mol. The number of carboxylic acids is 1. The number of fused-ring (bicyclic) bond motifs is 1. The molecule has 2 heterocycles. The molecule has 2 aliphatic rings. The van der Waals surface area contributed by atoms with Gasteiger partial charge in [0.25, 0.3) is 0 Å². The molecule has 6 heteroatoms. The zero-order chi connectivity index (χ0) is 15.0. The normalized spacial score (nSPS) is 19.7. The summed E-state index contributed by atoms with van der Waals surface area (Å²) in [6.45, 7) is 4.74. The zero-order valence-electron chi connectivity index (χ0n) is 11.9. The Bertz CT molecular complexity index is 569. The monoisotopic (exact) mass is 355 g/mol. The standard InChI is InChI=1S/C15H18BrNO4/c1-15(21-7-13(18)19)8-17(9-15)6-11-5-12(16)4-10-2-3-20-14(10)11/h4-5H,2-3,6-9H2,1H3,(H,18,19). The molecule has 0 aliphatic carbocycles. The van der Waals surface area contributed by atoms with Gasteiger partial charge in [-0.25, -0.2) is 4.79 Å². The highest BCUT2D eigenvalue weighted by molar-refractivity contribution is 9.10. The Morgan fingerprint density at radius 2 is 2.29 bits per heavy atom. The number of likely N-dealkylation sites (tertiary alicyclic amines) is 1. The third-order valence-corrected chi connectivity index (χ3v) is 4.34. The maximum absolute atomic E-state index is 10.6. The molecule has 0 atom stereocenters. The van der Waals surface area contributed by atoms with Gasteiger partial charge in [0, 0.05) is 36.1 Å². The first-order valence-corrected chi connectivity index (χ1v) is 7.77. The Kier molecular flexibility index (Phi) is 3.94. The molecule has 1 fully saturated rings. The molecule has 1 N–H and O–H groups in total. The Balaban J connectivity index is 1.61. The number of benzene rings is 1. The van der Waals surface area contributed by atoms with Crippen molar-refractivity contribution in [2.24, 2.45) is 0 Å². The highest BCUT2D eigenvalue weighted by Crippen LogP contribution is 2.35. The smallest absolute Gasteiger partial charge is 0.329 e. The van der Waals surface area contributed by atoms with Crippen LogP contribution < -0.4 is 4.74 Å². The molecule has 1 aromatic rings. The minimum Gasteiger partial charge on any atom is -0.493 e. The number of carbonyl (C=O) groups is 1. The van der Waals surface area contributed by atoms with Crippen LogP contribution in [0.4, 0.5) is 0 Å². The lowest BCUT2D eigenvalue weighted by Gasteiger charge is -2.47. The Morgan fingerprint density at radius 3 is 3.00 bits per heavy atom. The van der Waals surface area contributed by atoms with E-state index in [0.29, 0.717) is 0 Å². The van der Waals surface area contributed by atoms with E-state index >= 15 is 0 Å². The van der Waals surface area contributed by atoms with Crippen molar-refractivity contribution in [1.82, 2.24) is 4.90 Å². The molecule has 2 aliphatic heterocycles. The van der Waals surface area contributed by atoms with Crippen LogP contribution in [0, 0.1) is 0 Å². The minimum absolute atomic E-state index is 0.236. The average molecular weight is 356 g/mol. The van der Waals surface area contributed by atoms with Crippen molar-refractivity contribution in [3.05, 3.63) is 27.7 Å². The van der Waals surface area contributed by atoms with Crippen LogP contribution in [0.3, 0.4) is 0 Å². The number of aliphatic carboxylic acids is 1. The second kappa shape index (κ2) is 5.59. The van der Waals surface area contributed by atoms with Crippen LogP contribution in [0.1, 0.15) is 18.1 Å². The van der Waals surface area contributed by atoms with E-state index in [1.807, 2.05) is 6.92 Å². The summed E-state index contributed by atoms with van der Waals surface area (Å²) in [5.74, 6) is 0.0890. The van der Waals surface area contributed by atoms with Crippen LogP contribution in [0.5, 0.6) is 5.75 Å². The summed E-state index contributed by atoms with van der Waals surface area (Å²) < 4.78 is 12.2. The first-order valence-electron chi connectivity index (χ1n) is 6.97. The van der Waals surface area contributed by atoms with Crippen LogP contribution in [0.15, 0.2) is 16.6 Å². The van der Waals surface area contributed by atoms with E-state index in [1.165, 1.54) is 11.1 Å². The number of rotatable bonds is 5. The van der Waals surface area contributed by atoms with Gasteiger partial charge in [0.05, 0.1) is 12.2 Å². The fourth-order valence-electron chi connectivity index (χ4n) is 3.04. The van der Waals surface area contributed by atoms with Gasteiger partial charge >= 0.3 is 5.97 Å². The summed E-state index contributed by atoms with van der Waals surface area (Å²) in [6.07, 6.45) is 0.960. The van der Waals surface area contributed by atoms with Crippen LogP contribution in [0.2, 0.25) is 0 Å². The second-order valence-corrected chi connectivity index (χ2v) is 6.84. The summed E-state index contributed by atoms with van der Waals surface area (Å²) >= 11 is 3.54. The average Bonchev–Trinajstić information content (AvgIpc) is 2.82. The Labute approximate surface area is 132 Å². The lowest BCUT2D eigenvalue weighted by molar-refractivity contribution is -0.165. The van der Waals surface area contributed by atoms with Gasteiger partial charge in [-0.05, 0) is 24.6 Å². The topological polar surface area (TPSA) is 59.0 Å². The van der Waals surface area contributed by atoms with Gasteiger partial charge in [-0.2, -0.15) is 0 Å². The van der Waals surface area contributed by atoms with Gasteiger partial charge in [-0.3, -0.25) is 4.90 Å². The second-order valence-electron chi connectivity index (χ2n) is 5.93. The summed E-state index contributed by atoms with van der Waals surface area (Å²) in [6, 6.07) is 4.21. The number of hydrogen-bond donors (Lipinski definition) is 1. The predicted octanol–water partition coefficient (Wildman–Crippen LogP) is 2.06. The molecule has 5 nitrogen and oxygen atoms in total. The number of ether oxygens (including phenoxy) is 2. The van der Waals surface area contributed by atoms with Crippen molar-refractivity contribution in [3.8, 4) is 5.75 Å². The first kappa shape index (κ1) is 14.8. The van der Waals surface area contributed by atoms with Crippen LogP contribution >= 0.6 is 15.9 Å². The summed E-state index contributed by atoms with van der Waals surface area (Å²) in [5.41, 5.74) is 2.08.